The molecule has 0 aliphatic carbocycles. The molecule has 0 saturated carbocycles. The van der Waals surface area contributed by atoms with Gasteiger partial charge in [-0.15, -0.1) is 0 Å². The molecule has 6 nitrogen and oxygen atoms in total. The molecule has 2 unspecified atom stereocenters. The predicted molar refractivity (Wildman–Crippen MR) is 80.1 cm³/mol. The lowest BCUT2D eigenvalue weighted by molar-refractivity contribution is -0.151. The van der Waals surface area contributed by atoms with Gasteiger partial charge in [0, 0.05) is 26.2 Å². The molecule has 2 heterocycles. The second-order valence-electron chi connectivity index (χ2n) is 6.49. The summed E-state index contributed by atoms with van der Waals surface area (Å²) < 4.78 is 28.5. The molecule has 2 fully saturated rings. The van der Waals surface area contributed by atoms with Gasteiger partial charge < -0.3 is 5.11 Å². The van der Waals surface area contributed by atoms with Gasteiger partial charge >= 0.3 is 5.97 Å². The largest absolute Gasteiger partial charge is 0.481 e. The second-order valence-corrected chi connectivity index (χ2v) is 8.42. The van der Waals surface area contributed by atoms with Crippen molar-refractivity contribution in [3.63, 3.8) is 0 Å². The number of aliphatic carboxylic acids is 1. The summed E-state index contributed by atoms with van der Waals surface area (Å²) in [4.78, 5) is 11.6. The van der Waals surface area contributed by atoms with Crippen LogP contribution in [0.1, 0.15) is 46.0 Å². The molecule has 2 aliphatic heterocycles. The Balaban J connectivity index is 2.18. The third-order valence-electron chi connectivity index (χ3n) is 4.94. The van der Waals surface area contributed by atoms with Gasteiger partial charge in [0.2, 0.25) is 0 Å². The van der Waals surface area contributed by atoms with Crippen molar-refractivity contribution in [2.75, 3.05) is 26.2 Å². The zero-order chi connectivity index (χ0) is 15.7. The number of piperidine rings is 2. The Hall–Kier alpha value is -0.660. The second kappa shape index (κ2) is 6.22. The SMILES string of the molecule is CCC1(C(=O)O)CCCN(S(=O)(=O)N2CCCC(C)C2)C1. The molecular weight excluding hydrogens is 292 g/mol. The summed E-state index contributed by atoms with van der Waals surface area (Å²) in [6.07, 6.45) is 3.57. The molecule has 2 rings (SSSR count). The van der Waals surface area contributed by atoms with Crippen molar-refractivity contribution in [1.29, 1.82) is 0 Å². The van der Waals surface area contributed by atoms with Crippen LogP contribution in [0, 0.1) is 11.3 Å². The molecule has 0 radical (unpaired) electrons. The number of rotatable bonds is 4. The highest BCUT2D eigenvalue weighted by Crippen LogP contribution is 2.35. The smallest absolute Gasteiger partial charge is 0.310 e. The minimum Gasteiger partial charge on any atom is -0.481 e. The van der Waals surface area contributed by atoms with Crippen molar-refractivity contribution in [2.24, 2.45) is 11.3 Å². The van der Waals surface area contributed by atoms with Crippen LogP contribution in [0.2, 0.25) is 0 Å². The molecule has 0 aromatic rings. The minimum atomic E-state index is -3.53. The Morgan fingerprint density at radius 1 is 1.29 bits per heavy atom. The van der Waals surface area contributed by atoms with Crippen molar-refractivity contribution in [2.45, 2.75) is 46.0 Å². The molecular formula is C14H26N2O4S. The fourth-order valence-corrected chi connectivity index (χ4v) is 5.32. The Morgan fingerprint density at radius 2 is 1.95 bits per heavy atom. The van der Waals surface area contributed by atoms with Gasteiger partial charge in [0.15, 0.2) is 0 Å². The molecule has 0 bridgehead atoms. The Bertz CT molecular complexity index is 493. The third-order valence-corrected chi connectivity index (χ3v) is 6.89. The van der Waals surface area contributed by atoms with Gasteiger partial charge in [0.25, 0.3) is 10.2 Å². The first kappa shape index (κ1) is 16.7. The summed E-state index contributed by atoms with van der Waals surface area (Å²) in [5.74, 6) is -0.509. The number of carboxylic acids is 1. The first-order valence-corrected chi connectivity index (χ1v) is 9.20. The lowest BCUT2D eigenvalue weighted by Gasteiger charge is -2.41. The molecule has 1 N–H and O–H groups in total. The summed E-state index contributed by atoms with van der Waals surface area (Å²) in [5.41, 5.74) is -0.924. The maximum absolute atomic E-state index is 12.8. The standard InChI is InChI=1S/C14H26N2O4S/c1-3-14(13(17)18)7-5-9-16(11-14)21(19,20)15-8-4-6-12(2)10-15/h12H,3-11H2,1-2H3,(H,17,18). The Kier molecular flexibility index (Phi) is 4.95. The molecule has 122 valence electrons. The van der Waals surface area contributed by atoms with Crippen LogP contribution in [0.15, 0.2) is 0 Å². The van der Waals surface area contributed by atoms with Crippen LogP contribution in [0.4, 0.5) is 0 Å². The van der Waals surface area contributed by atoms with E-state index in [-0.39, 0.29) is 6.54 Å². The van der Waals surface area contributed by atoms with Crippen LogP contribution in [-0.2, 0) is 15.0 Å². The zero-order valence-electron chi connectivity index (χ0n) is 12.9. The molecule has 0 amide bonds. The van der Waals surface area contributed by atoms with Gasteiger partial charge in [0.1, 0.15) is 0 Å². The molecule has 21 heavy (non-hydrogen) atoms. The molecule has 2 atom stereocenters. The van der Waals surface area contributed by atoms with Crippen LogP contribution < -0.4 is 0 Å². The Morgan fingerprint density at radius 3 is 2.52 bits per heavy atom. The summed E-state index contributed by atoms with van der Waals surface area (Å²) in [6, 6.07) is 0. The number of hydrogen-bond donors (Lipinski definition) is 1. The minimum absolute atomic E-state index is 0.103. The fourth-order valence-electron chi connectivity index (χ4n) is 3.42. The number of nitrogens with zero attached hydrogens (tertiary/aromatic N) is 2. The van der Waals surface area contributed by atoms with Gasteiger partial charge in [-0.05, 0) is 38.0 Å². The highest BCUT2D eigenvalue weighted by atomic mass is 32.2. The maximum Gasteiger partial charge on any atom is 0.310 e. The zero-order valence-corrected chi connectivity index (χ0v) is 13.7. The molecule has 7 heteroatoms. The van der Waals surface area contributed by atoms with E-state index in [0.717, 1.165) is 12.8 Å². The summed E-state index contributed by atoms with van der Waals surface area (Å²) >= 11 is 0. The Labute approximate surface area is 127 Å². The van der Waals surface area contributed by atoms with E-state index in [1.54, 1.807) is 0 Å². The summed E-state index contributed by atoms with van der Waals surface area (Å²) in [7, 11) is -3.53. The quantitative estimate of drug-likeness (QED) is 0.853. The van der Waals surface area contributed by atoms with Crippen LogP contribution in [0.5, 0.6) is 0 Å². The first-order chi connectivity index (χ1) is 9.82. The maximum atomic E-state index is 12.8. The summed E-state index contributed by atoms with van der Waals surface area (Å²) in [5, 5.41) is 9.49. The highest BCUT2D eigenvalue weighted by Gasteiger charge is 2.45. The van der Waals surface area contributed by atoms with E-state index < -0.39 is 21.6 Å². The molecule has 2 aliphatic rings. The number of hydrogen-bond acceptors (Lipinski definition) is 3. The van der Waals surface area contributed by atoms with E-state index >= 15 is 0 Å². The summed E-state index contributed by atoms with van der Waals surface area (Å²) in [6.45, 7) is 5.52. The van der Waals surface area contributed by atoms with Gasteiger partial charge in [-0.25, -0.2) is 0 Å². The fraction of sp³-hybridized carbons (Fsp3) is 0.929. The van der Waals surface area contributed by atoms with Gasteiger partial charge in [-0.2, -0.15) is 17.0 Å². The molecule has 0 spiro atoms. The van der Waals surface area contributed by atoms with Crippen LogP contribution >= 0.6 is 0 Å². The monoisotopic (exact) mass is 318 g/mol. The molecule has 0 aromatic heterocycles. The van der Waals surface area contributed by atoms with Crippen molar-refractivity contribution < 1.29 is 18.3 Å². The van der Waals surface area contributed by atoms with Gasteiger partial charge in [0.05, 0.1) is 5.41 Å². The third kappa shape index (κ3) is 3.24. The highest BCUT2D eigenvalue weighted by molar-refractivity contribution is 7.86. The van der Waals surface area contributed by atoms with Crippen molar-refractivity contribution in [3.8, 4) is 0 Å². The normalized spacial score (nSPS) is 33.0. The average molecular weight is 318 g/mol. The van der Waals surface area contributed by atoms with Crippen LogP contribution in [0.3, 0.4) is 0 Å². The van der Waals surface area contributed by atoms with E-state index in [9.17, 15) is 18.3 Å². The lowest BCUT2D eigenvalue weighted by atomic mass is 9.78. The van der Waals surface area contributed by atoms with Crippen LogP contribution in [0.25, 0.3) is 0 Å². The number of carboxylic acid groups (broad SMARTS) is 1. The topological polar surface area (TPSA) is 77.9 Å². The lowest BCUT2D eigenvalue weighted by Crippen LogP contribution is -2.54. The molecule has 2 saturated heterocycles. The predicted octanol–water partition coefficient (Wildman–Crippen LogP) is 1.54. The van der Waals surface area contributed by atoms with Gasteiger partial charge in [-0.1, -0.05) is 13.8 Å². The van der Waals surface area contributed by atoms with Crippen molar-refractivity contribution in [3.05, 3.63) is 0 Å². The van der Waals surface area contributed by atoms with Gasteiger partial charge in [-0.3, -0.25) is 4.79 Å². The first-order valence-electron chi connectivity index (χ1n) is 7.80. The average Bonchev–Trinajstić information content (AvgIpc) is 2.47. The van der Waals surface area contributed by atoms with E-state index in [4.69, 9.17) is 0 Å². The van der Waals surface area contributed by atoms with Crippen molar-refractivity contribution >= 4 is 16.2 Å². The van der Waals surface area contributed by atoms with E-state index in [2.05, 4.69) is 6.92 Å². The number of carbonyl (C=O) groups is 1. The van der Waals surface area contributed by atoms with E-state index in [1.807, 2.05) is 6.92 Å². The van der Waals surface area contributed by atoms with E-state index in [1.165, 1.54) is 8.61 Å². The van der Waals surface area contributed by atoms with Crippen LogP contribution in [-0.4, -0.2) is 54.3 Å². The van der Waals surface area contributed by atoms with E-state index in [0.29, 0.717) is 44.8 Å². The van der Waals surface area contributed by atoms with Crippen molar-refractivity contribution in [1.82, 2.24) is 8.61 Å². The molecule has 0 aromatic carbocycles.